The van der Waals surface area contributed by atoms with E-state index in [1.807, 2.05) is 7.11 Å². The van der Waals surface area contributed by atoms with Gasteiger partial charge in [-0.25, -0.2) is 0 Å². The Labute approximate surface area is 101 Å². The van der Waals surface area contributed by atoms with Gasteiger partial charge in [0.05, 0.1) is 6.10 Å². The van der Waals surface area contributed by atoms with Crippen molar-refractivity contribution in [2.45, 2.75) is 65.0 Å². The number of hydrogen-bond donors (Lipinski definition) is 1. The molecule has 0 spiro atoms. The SMILES string of the molecule is CCCNC(C(C)C)C1CCC(OC)CC1. The summed E-state index contributed by atoms with van der Waals surface area (Å²) in [6, 6.07) is 0.706. The van der Waals surface area contributed by atoms with Crippen molar-refractivity contribution in [3.8, 4) is 0 Å². The quantitative estimate of drug-likeness (QED) is 0.752. The Morgan fingerprint density at radius 2 is 1.81 bits per heavy atom. The van der Waals surface area contributed by atoms with Crippen LogP contribution in [-0.2, 0) is 4.74 Å². The lowest BCUT2D eigenvalue weighted by Crippen LogP contribution is -2.42. The second kappa shape index (κ2) is 7.29. The zero-order valence-electron chi connectivity index (χ0n) is 11.5. The Morgan fingerprint density at radius 1 is 1.19 bits per heavy atom. The largest absolute Gasteiger partial charge is 0.381 e. The van der Waals surface area contributed by atoms with Crippen molar-refractivity contribution in [1.29, 1.82) is 0 Å². The number of hydrogen-bond acceptors (Lipinski definition) is 2. The van der Waals surface area contributed by atoms with Crippen LogP contribution in [0.25, 0.3) is 0 Å². The van der Waals surface area contributed by atoms with Crippen LogP contribution in [0.2, 0.25) is 0 Å². The Balaban J connectivity index is 2.40. The molecule has 96 valence electrons. The lowest BCUT2D eigenvalue weighted by Gasteiger charge is -2.36. The fourth-order valence-electron chi connectivity index (χ4n) is 2.94. The number of methoxy groups -OCH3 is 1. The van der Waals surface area contributed by atoms with Crippen LogP contribution in [-0.4, -0.2) is 25.8 Å². The van der Waals surface area contributed by atoms with Crippen molar-refractivity contribution < 1.29 is 4.74 Å². The van der Waals surface area contributed by atoms with Crippen molar-refractivity contribution in [2.75, 3.05) is 13.7 Å². The molecule has 0 bridgehead atoms. The molecule has 0 saturated heterocycles. The maximum Gasteiger partial charge on any atom is 0.0571 e. The number of nitrogens with one attached hydrogen (secondary N) is 1. The monoisotopic (exact) mass is 227 g/mol. The van der Waals surface area contributed by atoms with Gasteiger partial charge in [-0.15, -0.1) is 0 Å². The summed E-state index contributed by atoms with van der Waals surface area (Å²) in [6.45, 7) is 8.09. The van der Waals surface area contributed by atoms with E-state index in [0.29, 0.717) is 12.1 Å². The molecule has 1 aliphatic rings. The normalized spacial score (nSPS) is 28.3. The first kappa shape index (κ1) is 14.0. The van der Waals surface area contributed by atoms with Crippen LogP contribution in [0.3, 0.4) is 0 Å². The summed E-state index contributed by atoms with van der Waals surface area (Å²) in [6.07, 6.45) is 6.92. The fourth-order valence-corrected chi connectivity index (χ4v) is 2.94. The Bertz CT molecular complexity index is 174. The molecule has 0 amide bonds. The highest BCUT2D eigenvalue weighted by molar-refractivity contribution is 4.84. The van der Waals surface area contributed by atoms with Crippen LogP contribution in [0.15, 0.2) is 0 Å². The first-order chi connectivity index (χ1) is 7.69. The van der Waals surface area contributed by atoms with E-state index in [0.717, 1.165) is 18.4 Å². The molecular weight excluding hydrogens is 198 g/mol. The van der Waals surface area contributed by atoms with Crippen LogP contribution in [0, 0.1) is 11.8 Å². The van der Waals surface area contributed by atoms with E-state index < -0.39 is 0 Å². The highest BCUT2D eigenvalue weighted by Gasteiger charge is 2.28. The highest BCUT2D eigenvalue weighted by Crippen LogP contribution is 2.30. The zero-order valence-corrected chi connectivity index (χ0v) is 11.5. The number of rotatable bonds is 6. The molecule has 16 heavy (non-hydrogen) atoms. The van der Waals surface area contributed by atoms with Crippen LogP contribution >= 0.6 is 0 Å². The van der Waals surface area contributed by atoms with Gasteiger partial charge < -0.3 is 10.1 Å². The van der Waals surface area contributed by atoms with Crippen LogP contribution in [0.1, 0.15) is 52.9 Å². The molecule has 1 rings (SSSR count). The minimum atomic E-state index is 0.523. The van der Waals surface area contributed by atoms with E-state index in [-0.39, 0.29) is 0 Å². The summed E-state index contributed by atoms with van der Waals surface area (Å²) in [5, 5.41) is 3.73. The van der Waals surface area contributed by atoms with Gasteiger partial charge >= 0.3 is 0 Å². The Kier molecular flexibility index (Phi) is 6.37. The van der Waals surface area contributed by atoms with Crippen molar-refractivity contribution in [2.24, 2.45) is 11.8 Å². The molecule has 2 heteroatoms. The van der Waals surface area contributed by atoms with Gasteiger partial charge in [-0.2, -0.15) is 0 Å². The Morgan fingerprint density at radius 3 is 2.25 bits per heavy atom. The Hall–Kier alpha value is -0.0800. The molecule has 1 N–H and O–H groups in total. The summed E-state index contributed by atoms with van der Waals surface area (Å²) in [5.74, 6) is 1.61. The molecule has 0 aliphatic heterocycles. The van der Waals surface area contributed by atoms with E-state index >= 15 is 0 Å². The number of ether oxygens (including phenoxy) is 1. The molecule has 1 fully saturated rings. The van der Waals surface area contributed by atoms with Gasteiger partial charge in [-0.1, -0.05) is 20.8 Å². The minimum Gasteiger partial charge on any atom is -0.381 e. The smallest absolute Gasteiger partial charge is 0.0571 e. The topological polar surface area (TPSA) is 21.3 Å². The summed E-state index contributed by atoms with van der Waals surface area (Å²) in [5.41, 5.74) is 0. The summed E-state index contributed by atoms with van der Waals surface area (Å²) in [4.78, 5) is 0. The molecule has 1 atom stereocenters. The molecule has 0 aromatic rings. The molecule has 0 aromatic carbocycles. The maximum absolute atomic E-state index is 5.44. The van der Waals surface area contributed by atoms with E-state index in [1.54, 1.807) is 0 Å². The van der Waals surface area contributed by atoms with Gasteiger partial charge in [0.2, 0.25) is 0 Å². The zero-order chi connectivity index (χ0) is 12.0. The molecule has 0 radical (unpaired) electrons. The summed E-state index contributed by atoms with van der Waals surface area (Å²) < 4.78 is 5.44. The summed E-state index contributed by atoms with van der Waals surface area (Å²) >= 11 is 0. The van der Waals surface area contributed by atoms with Gasteiger partial charge in [0.25, 0.3) is 0 Å². The molecule has 0 aromatic heterocycles. The van der Waals surface area contributed by atoms with E-state index in [4.69, 9.17) is 4.74 Å². The third-order valence-electron chi connectivity index (χ3n) is 3.91. The van der Waals surface area contributed by atoms with Gasteiger partial charge in [0, 0.05) is 13.2 Å². The second-order valence-electron chi connectivity index (χ2n) is 5.50. The van der Waals surface area contributed by atoms with Crippen LogP contribution < -0.4 is 5.32 Å². The van der Waals surface area contributed by atoms with Gasteiger partial charge in [-0.05, 0) is 50.5 Å². The standard InChI is InChI=1S/C14H29NO/c1-5-10-15-14(11(2)3)12-6-8-13(16-4)9-7-12/h11-15H,5-10H2,1-4H3. The summed E-state index contributed by atoms with van der Waals surface area (Å²) in [7, 11) is 1.85. The first-order valence-corrected chi connectivity index (χ1v) is 6.95. The van der Waals surface area contributed by atoms with Crippen molar-refractivity contribution in [1.82, 2.24) is 5.32 Å². The third-order valence-corrected chi connectivity index (χ3v) is 3.91. The second-order valence-corrected chi connectivity index (χ2v) is 5.50. The van der Waals surface area contributed by atoms with Gasteiger partial charge in [0.1, 0.15) is 0 Å². The third kappa shape index (κ3) is 4.06. The lowest BCUT2D eigenvalue weighted by atomic mass is 9.78. The van der Waals surface area contributed by atoms with Gasteiger partial charge in [0.15, 0.2) is 0 Å². The average molecular weight is 227 g/mol. The fraction of sp³-hybridized carbons (Fsp3) is 1.00. The highest BCUT2D eigenvalue weighted by atomic mass is 16.5. The minimum absolute atomic E-state index is 0.523. The average Bonchev–Trinajstić information content (AvgIpc) is 2.30. The molecule has 2 nitrogen and oxygen atoms in total. The molecule has 1 saturated carbocycles. The van der Waals surface area contributed by atoms with Crippen molar-refractivity contribution in [3.63, 3.8) is 0 Å². The van der Waals surface area contributed by atoms with Crippen LogP contribution in [0.5, 0.6) is 0 Å². The maximum atomic E-state index is 5.44. The first-order valence-electron chi connectivity index (χ1n) is 6.95. The van der Waals surface area contributed by atoms with E-state index in [9.17, 15) is 0 Å². The molecule has 1 aliphatic carbocycles. The molecular formula is C14H29NO. The van der Waals surface area contributed by atoms with Crippen LogP contribution in [0.4, 0.5) is 0 Å². The van der Waals surface area contributed by atoms with E-state index in [2.05, 4.69) is 26.1 Å². The predicted molar refractivity (Wildman–Crippen MR) is 69.7 cm³/mol. The molecule has 0 heterocycles. The lowest BCUT2D eigenvalue weighted by molar-refractivity contribution is 0.0466. The van der Waals surface area contributed by atoms with Crippen molar-refractivity contribution in [3.05, 3.63) is 0 Å². The van der Waals surface area contributed by atoms with Crippen molar-refractivity contribution >= 4 is 0 Å². The van der Waals surface area contributed by atoms with Gasteiger partial charge in [-0.3, -0.25) is 0 Å². The molecule has 1 unspecified atom stereocenters. The predicted octanol–water partition coefficient (Wildman–Crippen LogP) is 3.22. The van der Waals surface area contributed by atoms with E-state index in [1.165, 1.54) is 32.1 Å².